The molecule has 0 spiro atoms. The van der Waals surface area contributed by atoms with Crippen LogP contribution in [0.5, 0.6) is 0 Å². The zero-order valence-electron chi connectivity index (χ0n) is 10.6. The fourth-order valence-electron chi connectivity index (χ4n) is 1.40. The van der Waals surface area contributed by atoms with Crippen LogP contribution in [-0.4, -0.2) is 23.7 Å². The summed E-state index contributed by atoms with van der Waals surface area (Å²) in [7, 11) is 1.85. The summed E-state index contributed by atoms with van der Waals surface area (Å²) in [5.41, 5.74) is 0.122. The number of hydrogen-bond donors (Lipinski definition) is 1. The monoisotopic (exact) mass is 240 g/mol. The van der Waals surface area contributed by atoms with Gasteiger partial charge in [0, 0.05) is 29.4 Å². The third-order valence-corrected chi connectivity index (χ3v) is 2.93. The van der Waals surface area contributed by atoms with E-state index < -0.39 is 11.6 Å². The molecule has 17 heavy (non-hydrogen) atoms. The Labute approximate surface area is 101 Å². The van der Waals surface area contributed by atoms with Crippen molar-refractivity contribution in [1.29, 1.82) is 5.41 Å². The maximum Gasteiger partial charge on any atom is 0.132 e. The van der Waals surface area contributed by atoms with Crippen molar-refractivity contribution in [2.45, 2.75) is 32.9 Å². The summed E-state index contributed by atoms with van der Waals surface area (Å²) in [6, 6.07) is 2.16. The summed E-state index contributed by atoms with van der Waals surface area (Å²) in [5.74, 6) is -1.03. The molecular formula is C13H18F2N2. The Morgan fingerprint density at radius 1 is 1.24 bits per heavy atom. The lowest BCUT2D eigenvalue weighted by Crippen LogP contribution is -2.37. The molecule has 1 aromatic carbocycles. The molecule has 4 heteroatoms. The van der Waals surface area contributed by atoms with Crippen molar-refractivity contribution >= 4 is 6.21 Å². The second-order valence-electron chi connectivity index (χ2n) is 5.09. The minimum Gasteiger partial charge on any atom is -0.308 e. The Morgan fingerprint density at radius 3 is 2.24 bits per heavy atom. The molecule has 0 aromatic heterocycles. The van der Waals surface area contributed by atoms with Gasteiger partial charge in [0.25, 0.3) is 0 Å². The minimum absolute atomic E-state index is 0.0288. The first-order valence-corrected chi connectivity index (χ1v) is 5.46. The highest BCUT2D eigenvalue weighted by molar-refractivity contribution is 5.79. The summed E-state index contributed by atoms with van der Waals surface area (Å²) in [5, 5.41) is 7.17. The third-order valence-electron chi connectivity index (χ3n) is 2.93. The molecule has 0 unspecified atom stereocenters. The summed E-state index contributed by atoms with van der Waals surface area (Å²) in [4.78, 5) is 1.91. The standard InChI is InChI=1S/C13H18F2N2/c1-13(2,3)17(4)8-10-9(7-16)11(14)5-6-12(10)15/h5-7,16H,8H2,1-4H3. The SMILES string of the molecule is CN(Cc1c(F)ccc(F)c1C=N)C(C)(C)C. The summed E-state index contributed by atoms with van der Waals surface area (Å²) >= 11 is 0. The van der Waals surface area contributed by atoms with Crippen molar-refractivity contribution in [2.24, 2.45) is 0 Å². The molecule has 0 aliphatic heterocycles. The summed E-state index contributed by atoms with van der Waals surface area (Å²) in [6.07, 6.45) is 0.865. The number of hydrogen-bond acceptors (Lipinski definition) is 2. The Hall–Kier alpha value is -1.29. The molecule has 0 aliphatic carbocycles. The predicted octanol–water partition coefficient (Wildman–Crippen LogP) is 3.19. The molecular weight excluding hydrogens is 222 g/mol. The lowest BCUT2D eigenvalue weighted by atomic mass is 10.0. The van der Waals surface area contributed by atoms with Gasteiger partial charge in [0.05, 0.1) is 0 Å². The molecule has 0 amide bonds. The van der Waals surface area contributed by atoms with Crippen LogP contribution in [0.3, 0.4) is 0 Å². The van der Waals surface area contributed by atoms with Crippen LogP contribution in [0.25, 0.3) is 0 Å². The molecule has 0 fully saturated rings. The van der Waals surface area contributed by atoms with Gasteiger partial charge in [-0.3, -0.25) is 4.90 Å². The molecule has 94 valence electrons. The minimum atomic E-state index is -0.557. The van der Waals surface area contributed by atoms with E-state index in [4.69, 9.17) is 5.41 Å². The van der Waals surface area contributed by atoms with Crippen LogP contribution in [0.2, 0.25) is 0 Å². The number of benzene rings is 1. The molecule has 0 atom stereocenters. The van der Waals surface area contributed by atoms with Gasteiger partial charge in [0.15, 0.2) is 0 Å². The van der Waals surface area contributed by atoms with Gasteiger partial charge in [-0.15, -0.1) is 0 Å². The van der Waals surface area contributed by atoms with Gasteiger partial charge < -0.3 is 5.41 Å². The van der Waals surface area contributed by atoms with Gasteiger partial charge in [-0.1, -0.05) is 0 Å². The molecule has 1 rings (SSSR count). The lowest BCUT2D eigenvalue weighted by Gasteiger charge is -2.32. The molecule has 0 heterocycles. The lowest BCUT2D eigenvalue weighted by molar-refractivity contribution is 0.165. The van der Waals surface area contributed by atoms with Gasteiger partial charge in [0.1, 0.15) is 11.6 Å². The molecule has 2 nitrogen and oxygen atoms in total. The van der Waals surface area contributed by atoms with Crippen LogP contribution in [0.15, 0.2) is 12.1 Å². The molecule has 0 aliphatic rings. The topological polar surface area (TPSA) is 27.1 Å². The van der Waals surface area contributed by atoms with E-state index in [1.165, 1.54) is 0 Å². The zero-order chi connectivity index (χ0) is 13.2. The first-order chi connectivity index (χ1) is 7.77. The van der Waals surface area contributed by atoms with Crippen LogP contribution in [0.1, 0.15) is 31.9 Å². The highest BCUT2D eigenvalue weighted by atomic mass is 19.1. The molecule has 0 saturated carbocycles. The largest absolute Gasteiger partial charge is 0.308 e. The van der Waals surface area contributed by atoms with E-state index in [2.05, 4.69) is 0 Å². The second kappa shape index (κ2) is 4.92. The maximum atomic E-state index is 13.7. The van der Waals surface area contributed by atoms with Crippen molar-refractivity contribution in [3.8, 4) is 0 Å². The van der Waals surface area contributed by atoms with E-state index in [-0.39, 0.29) is 23.2 Å². The van der Waals surface area contributed by atoms with Gasteiger partial charge in [-0.2, -0.15) is 0 Å². The van der Waals surface area contributed by atoms with Crippen molar-refractivity contribution in [2.75, 3.05) is 7.05 Å². The van der Waals surface area contributed by atoms with E-state index in [1.54, 1.807) is 0 Å². The highest BCUT2D eigenvalue weighted by Gasteiger charge is 2.21. The number of nitrogens with one attached hydrogen (secondary N) is 1. The van der Waals surface area contributed by atoms with Crippen molar-refractivity contribution in [3.05, 3.63) is 34.9 Å². The van der Waals surface area contributed by atoms with Gasteiger partial charge in [-0.05, 0) is 40.0 Å². The Kier molecular flexibility index (Phi) is 3.98. The van der Waals surface area contributed by atoms with Gasteiger partial charge in [0.2, 0.25) is 0 Å². The Balaban J connectivity index is 3.14. The number of nitrogens with zero attached hydrogens (tertiary/aromatic N) is 1. The Bertz CT molecular complexity index is 422. The van der Waals surface area contributed by atoms with Crippen LogP contribution < -0.4 is 0 Å². The third kappa shape index (κ3) is 3.09. The van der Waals surface area contributed by atoms with Crippen LogP contribution in [0.4, 0.5) is 8.78 Å². The quantitative estimate of drug-likeness (QED) is 0.807. The van der Waals surface area contributed by atoms with Crippen molar-refractivity contribution in [1.82, 2.24) is 4.90 Å². The van der Waals surface area contributed by atoms with Crippen LogP contribution >= 0.6 is 0 Å². The Morgan fingerprint density at radius 2 is 1.76 bits per heavy atom. The van der Waals surface area contributed by atoms with Crippen LogP contribution in [0, 0.1) is 17.0 Å². The smallest absolute Gasteiger partial charge is 0.132 e. The van der Waals surface area contributed by atoms with Crippen molar-refractivity contribution < 1.29 is 8.78 Å². The van der Waals surface area contributed by atoms with Crippen LogP contribution in [-0.2, 0) is 6.54 Å². The first-order valence-electron chi connectivity index (χ1n) is 5.46. The molecule has 1 aromatic rings. The second-order valence-corrected chi connectivity index (χ2v) is 5.09. The first kappa shape index (κ1) is 13.8. The number of rotatable bonds is 3. The highest BCUT2D eigenvalue weighted by Crippen LogP contribution is 2.21. The predicted molar refractivity (Wildman–Crippen MR) is 65.5 cm³/mol. The molecule has 0 saturated heterocycles. The normalized spacial score (nSPS) is 11.9. The number of halogens is 2. The van der Waals surface area contributed by atoms with E-state index in [0.29, 0.717) is 0 Å². The van der Waals surface area contributed by atoms with Gasteiger partial charge in [-0.25, -0.2) is 8.78 Å². The molecule has 0 bridgehead atoms. The van der Waals surface area contributed by atoms with E-state index in [1.807, 2.05) is 32.7 Å². The van der Waals surface area contributed by atoms with E-state index >= 15 is 0 Å². The van der Waals surface area contributed by atoms with Crippen molar-refractivity contribution in [3.63, 3.8) is 0 Å². The van der Waals surface area contributed by atoms with Gasteiger partial charge >= 0.3 is 0 Å². The summed E-state index contributed by atoms with van der Waals surface area (Å²) < 4.78 is 27.1. The maximum absolute atomic E-state index is 13.7. The fraction of sp³-hybridized carbons (Fsp3) is 0.462. The summed E-state index contributed by atoms with van der Waals surface area (Å²) in [6.45, 7) is 6.26. The average Bonchev–Trinajstić information content (AvgIpc) is 2.22. The molecule has 1 N–H and O–H groups in total. The fourth-order valence-corrected chi connectivity index (χ4v) is 1.40. The zero-order valence-corrected chi connectivity index (χ0v) is 10.6. The molecule has 0 radical (unpaired) electrons. The van der Waals surface area contributed by atoms with E-state index in [9.17, 15) is 8.78 Å². The van der Waals surface area contributed by atoms with E-state index in [0.717, 1.165) is 18.3 Å². The average molecular weight is 240 g/mol.